The minimum absolute atomic E-state index is 0.247. The number of nitrogens with zero attached hydrogens (tertiary/aromatic N) is 1. The number of hydrogen-bond donors (Lipinski definition) is 0. The molecule has 4 aliphatic rings. The van der Waals surface area contributed by atoms with Gasteiger partial charge in [-0.2, -0.15) is 0 Å². The average molecular weight is 763 g/mol. The molecule has 48 heavy (non-hydrogen) atoms. The summed E-state index contributed by atoms with van der Waals surface area (Å²) in [4.78, 5) is 2.51. The van der Waals surface area contributed by atoms with Crippen LogP contribution in [0.4, 0.5) is 11.4 Å². The molecular formula is C42H28BNOSSe2. The second-order valence-corrected chi connectivity index (χ2v) is 18.6. The van der Waals surface area contributed by atoms with E-state index < -0.39 is 0 Å². The van der Waals surface area contributed by atoms with Crippen molar-refractivity contribution in [2.45, 2.75) is 25.7 Å². The molecule has 0 atom stereocenters. The number of allylic oxidation sites excluding steroid dienone is 2. The van der Waals surface area contributed by atoms with Gasteiger partial charge in [0.25, 0.3) is 0 Å². The van der Waals surface area contributed by atoms with E-state index in [1.165, 1.54) is 75.4 Å². The summed E-state index contributed by atoms with van der Waals surface area (Å²) >= 11 is 2.47. The summed E-state index contributed by atoms with van der Waals surface area (Å²) in [7, 11) is 0. The first-order valence-electron chi connectivity index (χ1n) is 16.7. The van der Waals surface area contributed by atoms with Crippen molar-refractivity contribution in [3.63, 3.8) is 0 Å². The molecular weight excluding hydrogens is 735 g/mol. The molecule has 228 valence electrons. The zero-order valence-electron chi connectivity index (χ0n) is 26.0. The van der Waals surface area contributed by atoms with Crippen LogP contribution in [-0.2, 0) is 0 Å². The number of fused-ring (bicyclic) bond motifs is 8. The normalized spacial score (nSPS) is 15.8. The van der Waals surface area contributed by atoms with Crippen molar-refractivity contribution in [1.82, 2.24) is 0 Å². The van der Waals surface area contributed by atoms with Crippen LogP contribution >= 0.6 is 11.3 Å². The van der Waals surface area contributed by atoms with E-state index in [9.17, 15) is 0 Å². The van der Waals surface area contributed by atoms with Crippen LogP contribution in [0.1, 0.15) is 25.7 Å². The van der Waals surface area contributed by atoms with Gasteiger partial charge in [-0.05, 0) is 0 Å². The standard InChI is InChI=1S/C42H28BNOSSe2/c1-6-16-36-28(9-1)29-11-7-10-27(42(29)46-36)25-19-22-37-31(23-25)43-30-21-20-26(24-40(30)48-39-18-8-17-38(47-37)41(39)43)44-32-12-2-4-14-34(32)45-35-15-5-3-13-33(35)44/h1-2,4,6-12,14,16-24H,3,5,13,15H2. The van der Waals surface area contributed by atoms with Gasteiger partial charge in [0.1, 0.15) is 0 Å². The van der Waals surface area contributed by atoms with E-state index >= 15 is 0 Å². The Morgan fingerprint density at radius 2 is 1.46 bits per heavy atom. The first-order valence-corrected chi connectivity index (χ1v) is 21.0. The van der Waals surface area contributed by atoms with E-state index in [2.05, 4.69) is 126 Å². The summed E-state index contributed by atoms with van der Waals surface area (Å²) in [6.07, 6.45) is 4.49. The molecule has 0 saturated heterocycles. The molecule has 2 nitrogen and oxygen atoms in total. The third-order valence-corrected chi connectivity index (χ3v) is 16.4. The van der Waals surface area contributed by atoms with Gasteiger partial charge < -0.3 is 0 Å². The summed E-state index contributed by atoms with van der Waals surface area (Å²) in [5.41, 5.74) is 11.0. The molecule has 4 heterocycles. The molecule has 0 fully saturated rings. The van der Waals surface area contributed by atoms with Crippen molar-refractivity contribution in [2.24, 2.45) is 0 Å². The molecule has 0 spiro atoms. The van der Waals surface area contributed by atoms with Crippen LogP contribution in [0.2, 0.25) is 0 Å². The number of ether oxygens (including phenoxy) is 1. The number of hydrogen-bond acceptors (Lipinski definition) is 3. The molecule has 11 rings (SSSR count). The summed E-state index contributed by atoms with van der Waals surface area (Å²) < 4.78 is 15.4. The minimum atomic E-state index is 0.247. The van der Waals surface area contributed by atoms with Crippen molar-refractivity contribution in [1.29, 1.82) is 0 Å². The number of thiophene rings is 1. The third-order valence-electron chi connectivity index (χ3n) is 10.4. The number of benzene rings is 6. The Kier molecular flexibility index (Phi) is 6.24. The molecule has 7 aromatic rings. The van der Waals surface area contributed by atoms with E-state index in [1.54, 1.807) is 14.4 Å². The van der Waals surface area contributed by atoms with Crippen LogP contribution < -0.4 is 43.9 Å². The Labute approximate surface area is 296 Å². The van der Waals surface area contributed by atoms with Gasteiger partial charge in [0.2, 0.25) is 0 Å². The summed E-state index contributed by atoms with van der Waals surface area (Å²) in [5, 5.41) is 2.72. The Bertz CT molecular complexity index is 2540. The van der Waals surface area contributed by atoms with Gasteiger partial charge >= 0.3 is 299 Å². The second kappa shape index (κ2) is 10.7. The Morgan fingerprint density at radius 1 is 0.646 bits per heavy atom. The van der Waals surface area contributed by atoms with Crippen LogP contribution in [0.25, 0.3) is 31.3 Å². The zero-order valence-corrected chi connectivity index (χ0v) is 30.3. The van der Waals surface area contributed by atoms with E-state index in [1.807, 2.05) is 11.3 Å². The van der Waals surface area contributed by atoms with E-state index in [0.29, 0.717) is 15.0 Å². The van der Waals surface area contributed by atoms with E-state index in [-0.39, 0.29) is 21.7 Å². The van der Waals surface area contributed by atoms with Crippen molar-refractivity contribution >= 4 is 114 Å². The molecule has 1 aliphatic carbocycles. The summed E-state index contributed by atoms with van der Waals surface area (Å²) in [6.45, 7) is 0.268. The zero-order chi connectivity index (χ0) is 31.3. The topological polar surface area (TPSA) is 12.5 Å². The molecule has 1 aromatic heterocycles. The molecule has 0 unspecified atom stereocenters. The predicted molar refractivity (Wildman–Crippen MR) is 207 cm³/mol. The quantitative estimate of drug-likeness (QED) is 0.216. The van der Waals surface area contributed by atoms with Gasteiger partial charge in [-0.3, -0.25) is 0 Å². The molecule has 6 heteroatoms. The Balaban J connectivity index is 1.08. The van der Waals surface area contributed by atoms with Crippen LogP contribution in [0.3, 0.4) is 0 Å². The van der Waals surface area contributed by atoms with Crippen molar-refractivity contribution in [3.05, 3.63) is 133 Å². The molecule has 0 radical (unpaired) electrons. The van der Waals surface area contributed by atoms with E-state index in [4.69, 9.17) is 4.74 Å². The average Bonchev–Trinajstić information content (AvgIpc) is 3.52. The van der Waals surface area contributed by atoms with Gasteiger partial charge in [0, 0.05) is 0 Å². The van der Waals surface area contributed by atoms with Crippen molar-refractivity contribution in [3.8, 4) is 16.9 Å². The SMILES string of the molecule is c1ccc2c(c1)OC1=C(CCCC1)N2c1ccc2c(c1)[Se]c1cccc3c1B2c1cc(-c2cccc4c2sc2ccccc24)ccc1[Se]3. The van der Waals surface area contributed by atoms with Gasteiger partial charge in [-0.15, -0.1) is 0 Å². The monoisotopic (exact) mass is 765 g/mol. The molecule has 0 bridgehead atoms. The first kappa shape index (κ1) is 27.9. The van der Waals surface area contributed by atoms with Gasteiger partial charge in [0.05, 0.1) is 0 Å². The van der Waals surface area contributed by atoms with Crippen LogP contribution in [-0.4, -0.2) is 36.6 Å². The molecule has 3 aliphatic heterocycles. The molecule has 0 saturated carbocycles. The fourth-order valence-electron chi connectivity index (χ4n) is 8.21. The Morgan fingerprint density at radius 3 is 2.42 bits per heavy atom. The number of rotatable bonds is 2. The summed E-state index contributed by atoms with van der Waals surface area (Å²) in [5.74, 6) is 2.13. The van der Waals surface area contributed by atoms with Crippen molar-refractivity contribution in [2.75, 3.05) is 4.90 Å². The maximum atomic E-state index is 6.48. The number of anilines is 2. The molecule has 0 amide bonds. The fourth-order valence-corrected chi connectivity index (χ4v) is 14.7. The summed E-state index contributed by atoms with van der Waals surface area (Å²) in [6, 6.07) is 46.2. The third kappa shape index (κ3) is 4.11. The van der Waals surface area contributed by atoms with Gasteiger partial charge in [-0.1, -0.05) is 0 Å². The second-order valence-electron chi connectivity index (χ2n) is 13.0. The van der Waals surface area contributed by atoms with Crippen molar-refractivity contribution < 1.29 is 4.74 Å². The van der Waals surface area contributed by atoms with Gasteiger partial charge in [0.15, 0.2) is 0 Å². The fraction of sp³-hybridized carbons (Fsp3) is 0.0952. The maximum absolute atomic E-state index is 6.48. The van der Waals surface area contributed by atoms with Crippen LogP contribution in [0.15, 0.2) is 133 Å². The van der Waals surface area contributed by atoms with Crippen LogP contribution in [0, 0.1) is 0 Å². The number of para-hydroxylation sites is 2. The molecule has 0 N–H and O–H groups in total. The van der Waals surface area contributed by atoms with E-state index in [0.717, 1.165) is 30.0 Å². The molecule has 6 aromatic carbocycles. The first-order chi connectivity index (χ1) is 23.8. The predicted octanol–water partition coefficient (Wildman–Crippen LogP) is 5.49. The van der Waals surface area contributed by atoms with Gasteiger partial charge in [-0.25, -0.2) is 0 Å². The Hall–Kier alpha value is -4.02. The van der Waals surface area contributed by atoms with Crippen LogP contribution in [0.5, 0.6) is 5.75 Å².